The molecule has 0 fully saturated rings. The van der Waals surface area contributed by atoms with Crippen LogP contribution in [0.2, 0.25) is 0 Å². The van der Waals surface area contributed by atoms with Crippen LogP contribution in [0.1, 0.15) is 16.7 Å². The highest BCUT2D eigenvalue weighted by Crippen LogP contribution is 2.59. The molecule has 1 aromatic carbocycles. The predicted molar refractivity (Wildman–Crippen MR) is 87.4 cm³/mol. The summed E-state index contributed by atoms with van der Waals surface area (Å²) in [5, 5.41) is 6.96. The van der Waals surface area contributed by atoms with Crippen LogP contribution in [0.15, 0.2) is 48.8 Å². The van der Waals surface area contributed by atoms with Crippen LogP contribution in [-0.2, 0) is 22.1 Å². The number of pyridine rings is 1. The molecule has 9 heteroatoms. The van der Waals surface area contributed by atoms with Crippen LogP contribution in [0, 0.1) is 6.92 Å². The lowest BCUT2D eigenvalue weighted by Gasteiger charge is -2.13. The summed E-state index contributed by atoms with van der Waals surface area (Å²) in [5.41, 5.74) is 3.01. The third-order valence-corrected chi connectivity index (χ3v) is 6.70. The maximum Gasteiger partial charge on any atom is 0.562 e. The van der Waals surface area contributed by atoms with Crippen molar-refractivity contribution in [2.45, 2.75) is 25.0 Å². The van der Waals surface area contributed by atoms with Crippen LogP contribution in [-0.4, -0.2) is 24.9 Å². The van der Waals surface area contributed by atoms with Crippen molar-refractivity contribution in [3.63, 3.8) is 0 Å². The Morgan fingerprint density at radius 2 is 1.88 bits per heavy atom. The molecule has 0 aliphatic rings. The number of hydrogen-bond acceptors (Lipinski definition) is 3. The molecule has 2 aromatic rings. The molecule has 0 amide bonds. The second-order valence-corrected chi connectivity index (χ2v) is 9.11. The quantitative estimate of drug-likeness (QED) is 0.451. The van der Waals surface area contributed by atoms with E-state index in [4.69, 9.17) is 4.89 Å². The number of benzene rings is 1. The van der Waals surface area contributed by atoms with E-state index in [1.165, 1.54) is 10.8 Å². The van der Waals surface area contributed by atoms with E-state index in [0.717, 1.165) is 16.7 Å². The van der Waals surface area contributed by atoms with E-state index in [1.54, 1.807) is 12.3 Å². The SMILES string of the molecule is Cc1cccc(Cc2ccc[n+](CC(O)([P+](=O)O)P(=O)(O)O)c2)c1. The van der Waals surface area contributed by atoms with Gasteiger partial charge in [-0.25, -0.2) is 0 Å². The molecule has 2 atom stereocenters. The normalized spacial score (nSPS) is 15.0. The lowest BCUT2D eigenvalue weighted by molar-refractivity contribution is -0.703. The van der Waals surface area contributed by atoms with Gasteiger partial charge in [-0.1, -0.05) is 29.8 Å². The standard InChI is InChI=1S/C15H17NO6P2/c1-12-4-2-5-13(8-12)9-14-6-3-7-16(10-14)11-15(17,23(18)19)24(20,21)22/h2-8,10,17H,9,11H2,1H3,(H-2,18,19,20,21,22)/p+2. The van der Waals surface area contributed by atoms with Gasteiger partial charge >= 0.3 is 20.7 Å². The average Bonchev–Trinajstić information content (AvgIpc) is 2.46. The van der Waals surface area contributed by atoms with Crippen molar-refractivity contribution in [3.05, 3.63) is 65.5 Å². The fourth-order valence-electron chi connectivity index (χ4n) is 2.35. The average molecular weight is 371 g/mol. The second kappa shape index (κ2) is 7.19. The summed E-state index contributed by atoms with van der Waals surface area (Å²) in [4.78, 5) is 27.6. The Hall–Kier alpha value is -1.46. The molecule has 0 saturated heterocycles. The molecule has 128 valence electrons. The largest absolute Gasteiger partial charge is 0.562 e. The fourth-order valence-corrected chi connectivity index (χ4v) is 3.87. The molecule has 0 aliphatic carbocycles. The lowest BCUT2D eigenvalue weighted by Crippen LogP contribution is -2.45. The molecule has 4 N–H and O–H groups in total. The van der Waals surface area contributed by atoms with Gasteiger partial charge in [-0.15, -0.1) is 0 Å². The zero-order valence-electron chi connectivity index (χ0n) is 13.0. The summed E-state index contributed by atoms with van der Waals surface area (Å²) in [5.74, 6) is 0. The summed E-state index contributed by atoms with van der Waals surface area (Å²) in [7, 11) is -8.69. The number of aliphatic hydroxyl groups is 1. The van der Waals surface area contributed by atoms with Gasteiger partial charge in [0.2, 0.25) is 6.54 Å². The molecule has 2 unspecified atom stereocenters. The van der Waals surface area contributed by atoms with Gasteiger partial charge in [0.05, 0.1) is 0 Å². The zero-order valence-corrected chi connectivity index (χ0v) is 14.8. The van der Waals surface area contributed by atoms with E-state index in [0.29, 0.717) is 6.42 Å². The Kier molecular flexibility index (Phi) is 5.66. The highest BCUT2D eigenvalue weighted by Gasteiger charge is 2.66. The molecular formula is C15H19NO6P2+2. The van der Waals surface area contributed by atoms with Crippen molar-refractivity contribution in [2.24, 2.45) is 0 Å². The van der Waals surface area contributed by atoms with Gasteiger partial charge in [-0.3, -0.25) is 4.57 Å². The van der Waals surface area contributed by atoms with Crippen molar-refractivity contribution in [2.75, 3.05) is 0 Å². The topological polar surface area (TPSA) is 119 Å². The number of nitrogens with zero attached hydrogens (tertiary/aromatic N) is 1. The number of rotatable bonds is 6. The molecule has 0 saturated carbocycles. The first-order chi connectivity index (χ1) is 11.1. The first kappa shape index (κ1) is 18.9. The number of aromatic nitrogens is 1. The van der Waals surface area contributed by atoms with Crippen molar-refractivity contribution in [3.8, 4) is 0 Å². The van der Waals surface area contributed by atoms with Gasteiger partial charge in [0.15, 0.2) is 12.4 Å². The minimum atomic E-state index is -5.20. The van der Waals surface area contributed by atoms with Crippen LogP contribution in [0.5, 0.6) is 0 Å². The molecular weight excluding hydrogens is 352 g/mol. The summed E-state index contributed by atoms with van der Waals surface area (Å²) in [6.07, 6.45) is 3.64. The van der Waals surface area contributed by atoms with E-state index < -0.39 is 27.3 Å². The molecule has 0 radical (unpaired) electrons. The predicted octanol–water partition coefficient (Wildman–Crippen LogP) is 1.43. The highest BCUT2D eigenvalue weighted by molar-refractivity contribution is 7.66. The monoisotopic (exact) mass is 371 g/mol. The zero-order chi connectivity index (χ0) is 18.0. The molecule has 0 bridgehead atoms. The van der Waals surface area contributed by atoms with E-state index >= 15 is 0 Å². The molecule has 7 nitrogen and oxygen atoms in total. The first-order valence-corrected chi connectivity index (χ1v) is 9.92. The Bertz CT molecular complexity index is 806. The van der Waals surface area contributed by atoms with Gasteiger partial charge in [0.25, 0.3) is 0 Å². The Balaban J connectivity index is 2.27. The molecule has 1 heterocycles. The fraction of sp³-hybridized carbons (Fsp3) is 0.267. The molecule has 0 spiro atoms. The van der Waals surface area contributed by atoms with Crippen LogP contribution < -0.4 is 4.57 Å². The second-order valence-electron chi connectivity index (χ2n) is 5.64. The van der Waals surface area contributed by atoms with Crippen molar-refractivity contribution < 1.29 is 33.5 Å². The van der Waals surface area contributed by atoms with Gasteiger partial charge in [0, 0.05) is 18.1 Å². The Labute approximate surface area is 140 Å². The van der Waals surface area contributed by atoms with Gasteiger partial charge in [0.1, 0.15) is 0 Å². The molecule has 24 heavy (non-hydrogen) atoms. The third-order valence-electron chi connectivity index (χ3n) is 3.58. The van der Waals surface area contributed by atoms with Gasteiger partial charge in [-0.2, -0.15) is 9.46 Å². The maximum atomic E-state index is 11.4. The van der Waals surface area contributed by atoms with Gasteiger partial charge < -0.3 is 14.9 Å². The Morgan fingerprint density at radius 3 is 2.46 bits per heavy atom. The minimum absolute atomic E-state index is 0.585. The van der Waals surface area contributed by atoms with E-state index in [1.807, 2.05) is 37.3 Å². The number of aryl methyl sites for hydroxylation is 1. The van der Waals surface area contributed by atoms with E-state index in [9.17, 15) is 24.0 Å². The maximum absolute atomic E-state index is 11.4. The van der Waals surface area contributed by atoms with Crippen LogP contribution in [0.25, 0.3) is 0 Å². The van der Waals surface area contributed by atoms with Gasteiger partial charge in [-0.05, 0) is 23.1 Å². The molecule has 2 rings (SSSR count). The summed E-state index contributed by atoms with van der Waals surface area (Å²) in [6.45, 7) is 1.29. The molecule has 1 aromatic heterocycles. The highest BCUT2D eigenvalue weighted by atomic mass is 31.2. The van der Waals surface area contributed by atoms with Crippen molar-refractivity contribution in [1.82, 2.24) is 0 Å². The van der Waals surface area contributed by atoms with Crippen LogP contribution in [0.4, 0.5) is 0 Å². The minimum Gasteiger partial charge on any atom is -0.332 e. The summed E-state index contributed by atoms with van der Waals surface area (Å²) in [6, 6.07) is 11.4. The van der Waals surface area contributed by atoms with Crippen LogP contribution in [0.3, 0.4) is 0 Å². The smallest absolute Gasteiger partial charge is 0.332 e. The van der Waals surface area contributed by atoms with Crippen LogP contribution >= 0.6 is 15.6 Å². The lowest BCUT2D eigenvalue weighted by atomic mass is 10.0. The Morgan fingerprint density at radius 1 is 1.21 bits per heavy atom. The first-order valence-electron chi connectivity index (χ1n) is 7.09. The number of hydrogen-bond donors (Lipinski definition) is 4. The van der Waals surface area contributed by atoms with Crippen molar-refractivity contribution in [1.29, 1.82) is 0 Å². The summed E-state index contributed by atoms with van der Waals surface area (Å²) < 4.78 is 24.0. The molecule has 0 aliphatic heterocycles. The summed E-state index contributed by atoms with van der Waals surface area (Å²) >= 11 is 0. The van der Waals surface area contributed by atoms with E-state index in [-0.39, 0.29) is 0 Å². The van der Waals surface area contributed by atoms with Crippen molar-refractivity contribution >= 4 is 15.6 Å². The third kappa shape index (κ3) is 4.33. The van der Waals surface area contributed by atoms with E-state index in [2.05, 4.69) is 0 Å².